The average molecular weight is 233 g/mol. The van der Waals surface area contributed by atoms with Gasteiger partial charge in [-0.05, 0) is 19.3 Å². The first-order chi connectivity index (χ1) is 7.80. The van der Waals surface area contributed by atoms with E-state index < -0.39 is 0 Å². The number of anilines is 1. The zero-order valence-electron chi connectivity index (χ0n) is 11.0. The molecular formula is C12H19N5. The van der Waals surface area contributed by atoms with E-state index in [0.717, 1.165) is 5.65 Å². The third kappa shape index (κ3) is 1.97. The van der Waals surface area contributed by atoms with Crippen molar-refractivity contribution in [1.82, 2.24) is 19.5 Å². The van der Waals surface area contributed by atoms with Crippen molar-refractivity contribution in [2.24, 2.45) is 5.41 Å². The molecule has 0 aliphatic rings. The fraction of sp³-hybridized carbons (Fsp3) is 0.583. The third-order valence-corrected chi connectivity index (χ3v) is 3.23. The third-order valence-electron chi connectivity index (χ3n) is 3.23. The fourth-order valence-corrected chi connectivity index (χ4v) is 1.75. The van der Waals surface area contributed by atoms with Crippen LogP contribution in [0, 0.1) is 12.3 Å². The van der Waals surface area contributed by atoms with Crippen LogP contribution in [0.25, 0.3) is 11.2 Å². The van der Waals surface area contributed by atoms with Crippen molar-refractivity contribution in [1.29, 1.82) is 0 Å². The van der Waals surface area contributed by atoms with E-state index in [2.05, 4.69) is 47.2 Å². The van der Waals surface area contributed by atoms with E-state index in [4.69, 9.17) is 5.73 Å². The van der Waals surface area contributed by atoms with E-state index in [-0.39, 0.29) is 5.41 Å². The summed E-state index contributed by atoms with van der Waals surface area (Å²) in [6.45, 7) is 10.6. The van der Waals surface area contributed by atoms with Crippen molar-refractivity contribution >= 4 is 17.0 Å². The predicted molar refractivity (Wildman–Crippen MR) is 68.6 cm³/mol. The second kappa shape index (κ2) is 3.68. The van der Waals surface area contributed by atoms with Gasteiger partial charge in [-0.3, -0.25) is 0 Å². The van der Waals surface area contributed by atoms with Crippen LogP contribution in [0.5, 0.6) is 0 Å². The Balaban J connectivity index is 2.64. The quantitative estimate of drug-likeness (QED) is 0.820. The monoisotopic (exact) mass is 233 g/mol. The molecule has 0 unspecified atom stereocenters. The normalized spacial score (nSPS) is 14.2. The van der Waals surface area contributed by atoms with Gasteiger partial charge in [-0.15, -0.1) is 0 Å². The average Bonchev–Trinajstić information content (AvgIpc) is 2.58. The molecule has 5 heteroatoms. The lowest BCUT2D eigenvalue weighted by Crippen LogP contribution is -2.21. The van der Waals surface area contributed by atoms with Crippen molar-refractivity contribution in [3.05, 3.63) is 12.2 Å². The van der Waals surface area contributed by atoms with E-state index in [1.54, 1.807) is 6.33 Å². The van der Waals surface area contributed by atoms with E-state index >= 15 is 0 Å². The summed E-state index contributed by atoms with van der Waals surface area (Å²) in [7, 11) is 0. The fourth-order valence-electron chi connectivity index (χ4n) is 1.75. The van der Waals surface area contributed by atoms with Crippen LogP contribution in [0.2, 0.25) is 0 Å². The molecular weight excluding hydrogens is 214 g/mol. The molecule has 17 heavy (non-hydrogen) atoms. The summed E-state index contributed by atoms with van der Waals surface area (Å²) in [5, 5.41) is 0. The van der Waals surface area contributed by atoms with Gasteiger partial charge in [-0.2, -0.15) is 0 Å². The molecule has 0 saturated carbocycles. The topological polar surface area (TPSA) is 69.6 Å². The summed E-state index contributed by atoms with van der Waals surface area (Å²) in [6.07, 6.45) is 1.80. The van der Waals surface area contributed by atoms with Crippen LogP contribution in [0.1, 0.15) is 39.6 Å². The summed E-state index contributed by atoms with van der Waals surface area (Å²) in [5.74, 6) is 1.13. The van der Waals surface area contributed by atoms with Gasteiger partial charge in [0.15, 0.2) is 11.5 Å². The Hall–Kier alpha value is -1.65. The SMILES string of the molecule is Cc1nc(N)c2ncn([C@@H](C)C(C)(C)C)c2n1. The van der Waals surface area contributed by atoms with Gasteiger partial charge >= 0.3 is 0 Å². The Morgan fingerprint density at radius 1 is 1.29 bits per heavy atom. The Kier molecular flexibility index (Phi) is 2.56. The minimum absolute atomic E-state index is 0.140. The van der Waals surface area contributed by atoms with E-state index in [0.29, 0.717) is 23.2 Å². The second-order valence-corrected chi connectivity index (χ2v) is 5.52. The van der Waals surface area contributed by atoms with Gasteiger partial charge < -0.3 is 10.3 Å². The minimum Gasteiger partial charge on any atom is -0.382 e. The summed E-state index contributed by atoms with van der Waals surface area (Å²) in [5.41, 5.74) is 7.50. The standard InChI is InChI=1S/C12H19N5/c1-7(12(3,4)5)17-6-14-9-10(13)15-8(2)16-11(9)17/h6-7H,1-5H3,(H2,13,15,16)/t7-/m0/s1. The van der Waals surface area contributed by atoms with Gasteiger partial charge in [0.25, 0.3) is 0 Å². The molecule has 0 saturated heterocycles. The smallest absolute Gasteiger partial charge is 0.166 e. The molecule has 0 aliphatic carbocycles. The lowest BCUT2D eigenvalue weighted by atomic mass is 9.88. The van der Waals surface area contributed by atoms with Gasteiger partial charge in [-0.25, -0.2) is 15.0 Å². The summed E-state index contributed by atoms with van der Waals surface area (Å²) < 4.78 is 2.07. The van der Waals surface area contributed by atoms with Gasteiger partial charge in [-0.1, -0.05) is 20.8 Å². The number of nitrogen functional groups attached to an aromatic ring is 1. The molecule has 0 aromatic carbocycles. The number of nitrogens with two attached hydrogens (primary N) is 1. The molecule has 2 heterocycles. The van der Waals surface area contributed by atoms with Crippen molar-refractivity contribution in [2.75, 3.05) is 5.73 Å². The van der Waals surface area contributed by atoms with Gasteiger partial charge in [0.2, 0.25) is 0 Å². The number of aromatic nitrogens is 4. The lowest BCUT2D eigenvalue weighted by molar-refractivity contribution is 0.266. The molecule has 0 amide bonds. The van der Waals surface area contributed by atoms with Crippen LogP contribution in [0.15, 0.2) is 6.33 Å². The Bertz CT molecular complexity index is 550. The Morgan fingerprint density at radius 2 is 1.94 bits per heavy atom. The molecule has 1 atom stereocenters. The molecule has 0 fully saturated rings. The zero-order chi connectivity index (χ0) is 12.8. The molecule has 92 valence electrons. The first-order valence-electron chi connectivity index (χ1n) is 5.77. The van der Waals surface area contributed by atoms with Crippen LogP contribution >= 0.6 is 0 Å². The van der Waals surface area contributed by atoms with Crippen molar-refractivity contribution in [2.45, 2.75) is 40.7 Å². The lowest BCUT2D eigenvalue weighted by Gasteiger charge is -2.28. The first-order valence-corrected chi connectivity index (χ1v) is 5.77. The van der Waals surface area contributed by atoms with Gasteiger partial charge in [0.1, 0.15) is 11.3 Å². The molecule has 0 spiro atoms. The number of imidazole rings is 1. The largest absolute Gasteiger partial charge is 0.382 e. The highest BCUT2D eigenvalue weighted by Crippen LogP contribution is 2.32. The second-order valence-electron chi connectivity index (χ2n) is 5.52. The van der Waals surface area contributed by atoms with Crippen LogP contribution in [-0.4, -0.2) is 19.5 Å². The summed E-state index contributed by atoms with van der Waals surface area (Å²) in [4.78, 5) is 12.9. The number of rotatable bonds is 1. The molecule has 0 bridgehead atoms. The molecule has 5 nitrogen and oxygen atoms in total. The number of fused-ring (bicyclic) bond motifs is 1. The van der Waals surface area contributed by atoms with Crippen LogP contribution in [0.4, 0.5) is 5.82 Å². The van der Waals surface area contributed by atoms with Crippen molar-refractivity contribution < 1.29 is 0 Å². The number of aryl methyl sites for hydroxylation is 1. The highest BCUT2D eigenvalue weighted by atomic mass is 15.2. The molecule has 2 N–H and O–H groups in total. The maximum Gasteiger partial charge on any atom is 0.166 e. The highest BCUT2D eigenvalue weighted by Gasteiger charge is 2.24. The maximum atomic E-state index is 5.85. The van der Waals surface area contributed by atoms with Crippen LogP contribution in [-0.2, 0) is 0 Å². The zero-order valence-corrected chi connectivity index (χ0v) is 11.0. The molecule has 2 aromatic rings. The number of hydrogen-bond donors (Lipinski definition) is 1. The van der Waals surface area contributed by atoms with Gasteiger partial charge in [0, 0.05) is 6.04 Å². The molecule has 0 radical (unpaired) electrons. The first kappa shape index (κ1) is 11.8. The number of hydrogen-bond acceptors (Lipinski definition) is 4. The van der Waals surface area contributed by atoms with Crippen molar-refractivity contribution in [3.63, 3.8) is 0 Å². The predicted octanol–water partition coefficient (Wildman–Crippen LogP) is 2.32. The maximum absolute atomic E-state index is 5.85. The Morgan fingerprint density at radius 3 is 2.53 bits per heavy atom. The van der Waals surface area contributed by atoms with Gasteiger partial charge in [0.05, 0.1) is 6.33 Å². The summed E-state index contributed by atoms with van der Waals surface area (Å²) in [6, 6.07) is 0.293. The molecule has 2 rings (SSSR count). The van der Waals surface area contributed by atoms with E-state index in [1.165, 1.54) is 0 Å². The molecule has 0 aliphatic heterocycles. The van der Waals surface area contributed by atoms with E-state index in [1.807, 2.05) is 6.92 Å². The highest BCUT2D eigenvalue weighted by molar-refractivity contribution is 5.81. The van der Waals surface area contributed by atoms with Crippen LogP contribution in [0.3, 0.4) is 0 Å². The van der Waals surface area contributed by atoms with Crippen LogP contribution < -0.4 is 5.73 Å². The summed E-state index contributed by atoms with van der Waals surface area (Å²) >= 11 is 0. The van der Waals surface area contributed by atoms with Crippen molar-refractivity contribution in [3.8, 4) is 0 Å². The minimum atomic E-state index is 0.140. The number of nitrogens with zero attached hydrogens (tertiary/aromatic N) is 4. The van der Waals surface area contributed by atoms with E-state index in [9.17, 15) is 0 Å². The Labute approximate surface area is 101 Å². The molecule has 2 aromatic heterocycles.